The van der Waals surface area contributed by atoms with E-state index in [2.05, 4.69) is 10.00 Å². The Balaban J connectivity index is 1.50. The summed E-state index contributed by atoms with van der Waals surface area (Å²) in [6.07, 6.45) is 3.84. The van der Waals surface area contributed by atoms with Crippen molar-refractivity contribution in [2.45, 2.75) is 45.7 Å². The number of benzene rings is 1. The molecule has 0 saturated carbocycles. The zero-order valence-electron chi connectivity index (χ0n) is 20.2. The van der Waals surface area contributed by atoms with Crippen LogP contribution in [0.15, 0.2) is 41.0 Å². The second-order valence-corrected chi connectivity index (χ2v) is 9.62. The van der Waals surface area contributed by atoms with Crippen LogP contribution in [0.2, 0.25) is 5.15 Å². The first-order valence-corrected chi connectivity index (χ1v) is 12.1. The van der Waals surface area contributed by atoms with Crippen molar-refractivity contribution in [1.82, 2.24) is 19.6 Å². The molecule has 0 N–H and O–H groups in total. The van der Waals surface area contributed by atoms with Crippen LogP contribution in [0, 0.1) is 25.6 Å². The van der Waals surface area contributed by atoms with Gasteiger partial charge in [0.05, 0.1) is 17.5 Å². The fourth-order valence-electron chi connectivity index (χ4n) is 5.03. The molecule has 1 fully saturated rings. The summed E-state index contributed by atoms with van der Waals surface area (Å²) in [6, 6.07) is 8.42. The van der Waals surface area contributed by atoms with Gasteiger partial charge in [0.1, 0.15) is 16.7 Å². The number of carbonyl (C=O) groups is 1. The summed E-state index contributed by atoms with van der Waals surface area (Å²) < 4.78 is 21.6. The van der Waals surface area contributed by atoms with Gasteiger partial charge >= 0.3 is 0 Å². The third kappa shape index (κ3) is 5.05. The Morgan fingerprint density at radius 3 is 2.56 bits per heavy atom. The second-order valence-electron chi connectivity index (χ2n) is 9.26. The average Bonchev–Trinajstić information content (AvgIpc) is 3.36. The lowest BCUT2D eigenvalue weighted by Crippen LogP contribution is -2.47. The van der Waals surface area contributed by atoms with E-state index in [1.54, 1.807) is 28.6 Å². The van der Waals surface area contributed by atoms with Crippen molar-refractivity contribution in [2.24, 2.45) is 13.0 Å². The summed E-state index contributed by atoms with van der Waals surface area (Å²) >= 11 is 6.44. The SMILES string of the molecule is Cc1nn(C)c(Cl)c1CN1CCC(C(Cc2ccccc2F)N(C)C(=O)c2ccoc2C)CC1. The van der Waals surface area contributed by atoms with Crippen LogP contribution in [0.25, 0.3) is 0 Å². The molecule has 0 spiro atoms. The normalized spacial score (nSPS) is 16.1. The molecule has 1 unspecified atom stereocenters. The van der Waals surface area contributed by atoms with E-state index in [1.807, 2.05) is 33.2 Å². The zero-order chi connectivity index (χ0) is 24.4. The monoisotopic (exact) mass is 486 g/mol. The Labute approximate surface area is 205 Å². The maximum Gasteiger partial charge on any atom is 0.257 e. The number of hydrogen-bond donors (Lipinski definition) is 0. The molecule has 8 heteroatoms. The van der Waals surface area contributed by atoms with E-state index >= 15 is 0 Å². The van der Waals surface area contributed by atoms with Crippen molar-refractivity contribution in [3.63, 3.8) is 0 Å². The Morgan fingerprint density at radius 1 is 1.26 bits per heavy atom. The molecule has 1 amide bonds. The number of piperidine rings is 1. The van der Waals surface area contributed by atoms with Crippen molar-refractivity contribution in [3.8, 4) is 0 Å². The first kappa shape index (κ1) is 24.5. The zero-order valence-corrected chi connectivity index (χ0v) is 21.0. The topological polar surface area (TPSA) is 54.5 Å². The minimum Gasteiger partial charge on any atom is -0.469 e. The number of halogens is 2. The molecule has 4 rings (SSSR count). The van der Waals surface area contributed by atoms with Crippen LogP contribution < -0.4 is 0 Å². The van der Waals surface area contributed by atoms with Crippen molar-refractivity contribution < 1.29 is 13.6 Å². The van der Waals surface area contributed by atoms with Crippen molar-refractivity contribution in [3.05, 3.63) is 75.7 Å². The Morgan fingerprint density at radius 2 is 1.97 bits per heavy atom. The highest BCUT2D eigenvalue weighted by atomic mass is 35.5. The predicted molar refractivity (Wildman–Crippen MR) is 130 cm³/mol. The van der Waals surface area contributed by atoms with Crippen molar-refractivity contribution >= 4 is 17.5 Å². The van der Waals surface area contributed by atoms with Gasteiger partial charge in [0.25, 0.3) is 5.91 Å². The highest BCUT2D eigenvalue weighted by Crippen LogP contribution is 2.30. The number of aryl methyl sites for hydroxylation is 3. The molecule has 0 radical (unpaired) electrons. The predicted octanol–water partition coefficient (Wildman–Crippen LogP) is 5.02. The minimum absolute atomic E-state index is 0.0900. The van der Waals surface area contributed by atoms with Gasteiger partial charge in [-0.05, 0) is 69.8 Å². The third-order valence-electron chi connectivity index (χ3n) is 7.12. The second kappa shape index (κ2) is 10.3. The van der Waals surface area contributed by atoms with E-state index in [1.165, 1.54) is 12.3 Å². The van der Waals surface area contributed by atoms with Gasteiger partial charge in [-0.15, -0.1) is 0 Å². The Bertz CT molecular complexity index is 1150. The molecule has 2 aromatic heterocycles. The number of hydrogen-bond acceptors (Lipinski definition) is 4. The fourth-order valence-corrected chi connectivity index (χ4v) is 5.26. The van der Waals surface area contributed by atoms with Crippen LogP contribution in [0.4, 0.5) is 4.39 Å². The first-order valence-electron chi connectivity index (χ1n) is 11.7. The number of likely N-dealkylation sites (tertiary alicyclic amines) is 1. The number of likely N-dealkylation sites (N-methyl/N-ethyl adjacent to an activating group) is 1. The molecular weight excluding hydrogens is 455 g/mol. The smallest absolute Gasteiger partial charge is 0.257 e. The summed E-state index contributed by atoms with van der Waals surface area (Å²) in [7, 11) is 3.68. The molecule has 1 aromatic carbocycles. The standard InChI is InChI=1S/C26H32ClFN4O2/c1-17-22(25(27)31(4)29-17)16-32-12-9-19(10-13-32)24(15-20-7-5-6-8-23(20)28)30(3)26(33)21-11-14-34-18(21)2/h5-8,11,14,19,24H,9-10,12-13,15-16H2,1-4H3. The third-order valence-corrected chi connectivity index (χ3v) is 7.59. The Hall–Kier alpha value is -2.64. The molecule has 1 aliphatic heterocycles. The number of nitrogens with zero attached hydrogens (tertiary/aromatic N) is 4. The molecule has 34 heavy (non-hydrogen) atoms. The molecule has 182 valence electrons. The molecule has 6 nitrogen and oxygen atoms in total. The highest BCUT2D eigenvalue weighted by molar-refractivity contribution is 6.30. The van der Waals surface area contributed by atoms with E-state index in [9.17, 15) is 9.18 Å². The summed E-state index contributed by atoms with van der Waals surface area (Å²) in [5.41, 5.74) is 3.21. The summed E-state index contributed by atoms with van der Waals surface area (Å²) in [4.78, 5) is 17.5. The van der Waals surface area contributed by atoms with Gasteiger partial charge in [-0.2, -0.15) is 5.10 Å². The lowest BCUT2D eigenvalue weighted by atomic mass is 9.84. The molecule has 1 aliphatic rings. The number of carbonyl (C=O) groups excluding carboxylic acids is 1. The summed E-state index contributed by atoms with van der Waals surface area (Å²) in [6.45, 7) is 6.30. The maximum atomic E-state index is 14.6. The Kier molecular flexibility index (Phi) is 7.43. The summed E-state index contributed by atoms with van der Waals surface area (Å²) in [5, 5.41) is 5.10. The quantitative estimate of drug-likeness (QED) is 0.470. The van der Waals surface area contributed by atoms with Gasteiger partial charge in [-0.3, -0.25) is 14.4 Å². The van der Waals surface area contributed by atoms with Gasteiger partial charge in [0.15, 0.2) is 0 Å². The summed E-state index contributed by atoms with van der Waals surface area (Å²) in [5.74, 6) is 0.530. The molecule has 1 atom stereocenters. The molecule has 1 saturated heterocycles. The van der Waals surface area contributed by atoms with Crippen molar-refractivity contribution in [1.29, 1.82) is 0 Å². The lowest BCUT2D eigenvalue weighted by molar-refractivity contribution is 0.0581. The minimum atomic E-state index is -0.230. The van der Waals surface area contributed by atoms with Gasteiger partial charge in [-0.1, -0.05) is 29.8 Å². The lowest BCUT2D eigenvalue weighted by Gasteiger charge is -2.40. The van der Waals surface area contributed by atoms with Crippen LogP contribution >= 0.6 is 11.6 Å². The molecule has 0 bridgehead atoms. The number of rotatable bonds is 7. The maximum absolute atomic E-state index is 14.6. The van der Waals surface area contributed by atoms with E-state index in [-0.39, 0.29) is 23.7 Å². The molecule has 3 heterocycles. The number of aromatic nitrogens is 2. The average molecular weight is 487 g/mol. The molecule has 0 aliphatic carbocycles. The van der Waals surface area contributed by atoms with Crippen LogP contribution in [0.1, 0.15) is 45.8 Å². The molecule has 3 aromatic rings. The van der Waals surface area contributed by atoms with E-state index in [4.69, 9.17) is 16.0 Å². The van der Waals surface area contributed by atoms with Gasteiger partial charge in [-0.25, -0.2) is 4.39 Å². The van der Waals surface area contributed by atoms with Gasteiger partial charge < -0.3 is 9.32 Å². The largest absolute Gasteiger partial charge is 0.469 e. The fraction of sp³-hybridized carbons (Fsp3) is 0.462. The number of amides is 1. The van der Waals surface area contributed by atoms with E-state index in [0.717, 1.165) is 43.7 Å². The van der Waals surface area contributed by atoms with Crippen molar-refractivity contribution in [2.75, 3.05) is 20.1 Å². The van der Waals surface area contributed by atoms with Crippen LogP contribution in [0.5, 0.6) is 0 Å². The van der Waals surface area contributed by atoms with Crippen LogP contribution in [-0.4, -0.2) is 51.7 Å². The first-order chi connectivity index (χ1) is 16.3. The number of furan rings is 1. The van der Waals surface area contributed by atoms with Gasteiger partial charge in [0, 0.05) is 32.2 Å². The highest BCUT2D eigenvalue weighted by Gasteiger charge is 2.33. The van der Waals surface area contributed by atoms with Gasteiger partial charge in [0.2, 0.25) is 0 Å². The van der Waals surface area contributed by atoms with E-state index < -0.39 is 0 Å². The van der Waals surface area contributed by atoms with Crippen LogP contribution in [-0.2, 0) is 20.0 Å². The van der Waals surface area contributed by atoms with Crippen LogP contribution in [0.3, 0.4) is 0 Å². The molecular formula is C26H32ClFN4O2. The van der Waals surface area contributed by atoms with E-state index in [0.29, 0.717) is 28.5 Å².